The quantitative estimate of drug-likeness (QED) is 0.749. The average molecular weight is 340 g/mol. The number of aromatic carboxylic acids is 1. The maximum atomic E-state index is 12.5. The molecule has 126 valence electrons. The molecule has 0 aliphatic carbocycles. The van der Waals surface area contributed by atoms with Crippen molar-refractivity contribution in [3.63, 3.8) is 0 Å². The highest BCUT2D eigenvalue weighted by atomic mass is 19.4. The fourth-order valence-corrected chi connectivity index (χ4v) is 2.32. The van der Waals surface area contributed by atoms with Crippen molar-refractivity contribution in [2.45, 2.75) is 19.7 Å². The molecule has 0 radical (unpaired) electrons. The van der Waals surface area contributed by atoms with E-state index >= 15 is 0 Å². The number of alkyl halides is 3. The molecule has 2 aromatic heterocycles. The molecule has 0 unspecified atom stereocenters. The zero-order valence-electron chi connectivity index (χ0n) is 12.3. The predicted octanol–water partition coefficient (Wildman–Crippen LogP) is 4.63. The van der Waals surface area contributed by atoms with Crippen molar-refractivity contribution in [2.24, 2.45) is 0 Å². The van der Waals surface area contributed by atoms with E-state index in [1.165, 1.54) is 31.2 Å². The number of halogens is 3. The number of hydrogen-bond acceptors (Lipinski definition) is 4. The van der Waals surface area contributed by atoms with Crippen LogP contribution in [0.15, 0.2) is 39.2 Å². The van der Waals surface area contributed by atoms with Gasteiger partial charge in [-0.1, -0.05) is 0 Å². The van der Waals surface area contributed by atoms with Crippen LogP contribution in [0.4, 0.5) is 13.2 Å². The minimum atomic E-state index is -4.55. The van der Waals surface area contributed by atoms with Crippen LogP contribution in [0.25, 0.3) is 11.0 Å². The molecule has 0 amide bonds. The molecule has 0 aliphatic heterocycles. The Morgan fingerprint density at radius 2 is 1.96 bits per heavy atom. The molecule has 0 atom stereocenters. The molecule has 0 saturated carbocycles. The summed E-state index contributed by atoms with van der Waals surface area (Å²) >= 11 is 0. The topological polar surface area (TPSA) is 72.8 Å². The molecule has 1 N–H and O–H groups in total. The summed E-state index contributed by atoms with van der Waals surface area (Å²) < 4.78 is 52.8. The van der Waals surface area contributed by atoms with Crippen LogP contribution in [0.3, 0.4) is 0 Å². The Balaban J connectivity index is 1.82. The molecule has 24 heavy (non-hydrogen) atoms. The van der Waals surface area contributed by atoms with Gasteiger partial charge in [-0.2, -0.15) is 13.2 Å². The number of ether oxygens (including phenoxy) is 1. The third-order valence-electron chi connectivity index (χ3n) is 3.37. The van der Waals surface area contributed by atoms with Gasteiger partial charge in [-0.3, -0.25) is 0 Å². The van der Waals surface area contributed by atoms with E-state index in [-0.39, 0.29) is 29.4 Å². The lowest BCUT2D eigenvalue weighted by Gasteiger charge is -2.05. The summed E-state index contributed by atoms with van der Waals surface area (Å²) in [6, 6.07) is 6.52. The molecule has 8 heteroatoms. The molecule has 0 spiro atoms. The summed E-state index contributed by atoms with van der Waals surface area (Å²) in [6.45, 7) is 1.31. The molecule has 1 aromatic carbocycles. The van der Waals surface area contributed by atoms with Crippen LogP contribution < -0.4 is 4.74 Å². The van der Waals surface area contributed by atoms with Crippen LogP contribution in [0.2, 0.25) is 0 Å². The van der Waals surface area contributed by atoms with Crippen molar-refractivity contribution in [2.75, 3.05) is 0 Å². The standard InChI is InChI=1S/C16H11F3O5/c1-8-14(15(20)21)11-6-9(2-4-12(11)23-8)22-7-10-3-5-13(24-10)16(17,18)19/h2-6H,7H2,1H3,(H,20,21). The summed E-state index contributed by atoms with van der Waals surface area (Å²) in [7, 11) is 0. The number of carbonyl (C=O) groups is 1. The van der Waals surface area contributed by atoms with Gasteiger partial charge < -0.3 is 18.7 Å². The van der Waals surface area contributed by atoms with E-state index in [4.69, 9.17) is 9.15 Å². The third kappa shape index (κ3) is 2.94. The number of carboxylic acid groups (broad SMARTS) is 1. The van der Waals surface area contributed by atoms with Gasteiger partial charge in [0.15, 0.2) is 0 Å². The Labute approximate surface area is 133 Å². The van der Waals surface area contributed by atoms with Gasteiger partial charge in [-0.25, -0.2) is 4.79 Å². The van der Waals surface area contributed by atoms with E-state index in [0.29, 0.717) is 11.0 Å². The largest absolute Gasteiger partial charge is 0.486 e. The van der Waals surface area contributed by atoms with Crippen molar-refractivity contribution < 1.29 is 36.6 Å². The summed E-state index contributed by atoms with van der Waals surface area (Å²) in [5, 5.41) is 9.56. The highest BCUT2D eigenvalue weighted by Gasteiger charge is 2.34. The van der Waals surface area contributed by atoms with E-state index < -0.39 is 17.9 Å². The van der Waals surface area contributed by atoms with Crippen molar-refractivity contribution in [1.29, 1.82) is 0 Å². The van der Waals surface area contributed by atoms with Gasteiger partial charge in [0.25, 0.3) is 0 Å². The number of benzene rings is 1. The van der Waals surface area contributed by atoms with Crippen LogP contribution >= 0.6 is 0 Å². The van der Waals surface area contributed by atoms with Crippen LogP contribution in [0.1, 0.15) is 27.6 Å². The molecule has 5 nitrogen and oxygen atoms in total. The zero-order chi connectivity index (χ0) is 17.5. The number of carboxylic acids is 1. The maximum Gasteiger partial charge on any atom is 0.449 e. The summed E-state index contributed by atoms with van der Waals surface area (Å²) in [6.07, 6.45) is -4.55. The van der Waals surface area contributed by atoms with Gasteiger partial charge in [-0.05, 0) is 37.3 Å². The van der Waals surface area contributed by atoms with E-state index in [2.05, 4.69) is 4.42 Å². The fraction of sp³-hybridized carbons (Fsp3) is 0.188. The molecule has 0 aliphatic rings. The van der Waals surface area contributed by atoms with E-state index in [9.17, 15) is 23.1 Å². The van der Waals surface area contributed by atoms with Gasteiger partial charge in [-0.15, -0.1) is 0 Å². The van der Waals surface area contributed by atoms with Crippen molar-refractivity contribution >= 4 is 16.9 Å². The molecular formula is C16H11F3O5. The normalized spacial score (nSPS) is 11.8. The van der Waals surface area contributed by atoms with E-state index in [0.717, 1.165) is 6.07 Å². The molecule has 0 saturated heterocycles. The van der Waals surface area contributed by atoms with Crippen molar-refractivity contribution in [3.05, 3.63) is 53.2 Å². The highest BCUT2D eigenvalue weighted by molar-refractivity contribution is 6.03. The molecule has 3 aromatic rings. The molecule has 2 heterocycles. The number of furan rings is 2. The summed E-state index contributed by atoms with van der Waals surface area (Å²) in [5.41, 5.74) is 0.405. The summed E-state index contributed by atoms with van der Waals surface area (Å²) in [4.78, 5) is 11.3. The van der Waals surface area contributed by atoms with Crippen LogP contribution in [-0.4, -0.2) is 11.1 Å². The second-order valence-corrected chi connectivity index (χ2v) is 5.05. The Hall–Kier alpha value is -2.90. The lowest BCUT2D eigenvalue weighted by molar-refractivity contribution is -0.153. The molecule has 0 bridgehead atoms. The Morgan fingerprint density at radius 1 is 1.21 bits per heavy atom. The van der Waals surface area contributed by atoms with Gasteiger partial charge in [0.05, 0.1) is 0 Å². The van der Waals surface area contributed by atoms with Crippen LogP contribution in [-0.2, 0) is 12.8 Å². The smallest absolute Gasteiger partial charge is 0.449 e. The first-order valence-corrected chi connectivity index (χ1v) is 6.81. The maximum absolute atomic E-state index is 12.5. The number of rotatable bonds is 4. The van der Waals surface area contributed by atoms with Crippen LogP contribution in [0, 0.1) is 6.92 Å². The zero-order valence-corrected chi connectivity index (χ0v) is 12.3. The van der Waals surface area contributed by atoms with E-state index in [1.54, 1.807) is 0 Å². The minimum absolute atomic E-state index is 0.00394. The monoisotopic (exact) mass is 340 g/mol. The molecule has 0 fully saturated rings. The van der Waals surface area contributed by atoms with Crippen molar-refractivity contribution in [1.82, 2.24) is 0 Å². The van der Waals surface area contributed by atoms with Gasteiger partial charge in [0.1, 0.15) is 35.0 Å². The Bertz CT molecular complexity index is 904. The fourth-order valence-electron chi connectivity index (χ4n) is 2.32. The minimum Gasteiger partial charge on any atom is -0.486 e. The predicted molar refractivity (Wildman–Crippen MR) is 76.0 cm³/mol. The first-order valence-electron chi connectivity index (χ1n) is 6.81. The molecule has 3 rings (SSSR count). The first-order chi connectivity index (χ1) is 11.3. The first kappa shape index (κ1) is 16.0. The Kier molecular flexibility index (Phi) is 3.75. The van der Waals surface area contributed by atoms with Gasteiger partial charge in [0.2, 0.25) is 5.76 Å². The number of hydrogen-bond donors (Lipinski definition) is 1. The van der Waals surface area contributed by atoms with Gasteiger partial charge >= 0.3 is 12.1 Å². The number of aryl methyl sites for hydroxylation is 1. The van der Waals surface area contributed by atoms with Gasteiger partial charge in [0, 0.05) is 5.39 Å². The second kappa shape index (κ2) is 5.63. The third-order valence-corrected chi connectivity index (χ3v) is 3.37. The highest BCUT2D eigenvalue weighted by Crippen LogP contribution is 2.32. The van der Waals surface area contributed by atoms with Crippen LogP contribution in [0.5, 0.6) is 5.75 Å². The summed E-state index contributed by atoms with van der Waals surface area (Å²) in [5.74, 6) is -1.69. The van der Waals surface area contributed by atoms with E-state index in [1.807, 2.05) is 0 Å². The Morgan fingerprint density at radius 3 is 2.58 bits per heavy atom. The number of fused-ring (bicyclic) bond motifs is 1. The lowest BCUT2D eigenvalue weighted by atomic mass is 10.1. The second-order valence-electron chi connectivity index (χ2n) is 5.05. The average Bonchev–Trinajstić information content (AvgIpc) is 3.07. The lowest BCUT2D eigenvalue weighted by Crippen LogP contribution is -2.02. The van der Waals surface area contributed by atoms with Crippen molar-refractivity contribution in [3.8, 4) is 5.75 Å². The molecular weight excluding hydrogens is 329 g/mol. The SMILES string of the molecule is Cc1oc2ccc(OCc3ccc(C(F)(F)F)o3)cc2c1C(=O)O.